The fourth-order valence-corrected chi connectivity index (χ4v) is 2.93. The van der Waals surface area contributed by atoms with Gasteiger partial charge in [-0.2, -0.15) is 0 Å². The van der Waals surface area contributed by atoms with E-state index >= 15 is 0 Å². The van der Waals surface area contributed by atoms with Gasteiger partial charge in [0.25, 0.3) is 0 Å². The van der Waals surface area contributed by atoms with E-state index in [9.17, 15) is 14.3 Å². The van der Waals surface area contributed by atoms with Crippen LogP contribution in [-0.4, -0.2) is 35.6 Å². The molecule has 1 atom stereocenters. The van der Waals surface area contributed by atoms with Gasteiger partial charge >= 0.3 is 0 Å². The van der Waals surface area contributed by atoms with Crippen LogP contribution in [0.3, 0.4) is 0 Å². The van der Waals surface area contributed by atoms with E-state index in [1.165, 1.54) is 12.1 Å². The summed E-state index contributed by atoms with van der Waals surface area (Å²) in [6.07, 6.45) is 1.31. The Bertz CT molecular complexity index is 728. The first-order chi connectivity index (χ1) is 12.1. The van der Waals surface area contributed by atoms with E-state index in [-0.39, 0.29) is 30.7 Å². The molecule has 3 rings (SSSR count). The SMILES string of the molecule is COc1ccccc1CC(=O)N(CC(O)c1ccc(F)cc1)C1CC1. The number of nitrogens with zero attached hydrogens (tertiary/aromatic N) is 1. The summed E-state index contributed by atoms with van der Waals surface area (Å²) in [5.74, 6) is 0.307. The van der Waals surface area contributed by atoms with Gasteiger partial charge in [0.15, 0.2) is 0 Å². The number of hydrogen-bond acceptors (Lipinski definition) is 3. The summed E-state index contributed by atoms with van der Waals surface area (Å²) in [7, 11) is 1.58. The smallest absolute Gasteiger partial charge is 0.227 e. The number of carbonyl (C=O) groups excluding carboxylic acids is 1. The number of ether oxygens (including phenoxy) is 1. The van der Waals surface area contributed by atoms with Crippen molar-refractivity contribution in [3.8, 4) is 5.75 Å². The minimum atomic E-state index is -0.831. The lowest BCUT2D eigenvalue weighted by Gasteiger charge is -2.26. The molecule has 1 aliphatic rings. The second-order valence-corrected chi connectivity index (χ2v) is 6.33. The maximum Gasteiger partial charge on any atom is 0.227 e. The summed E-state index contributed by atoms with van der Waals surface area (Å²) in [5, 5.41) is 10.4. The Hall–Kier alpha value is -2.40. The van der Waals surface area contributed by atoms with E-state index in [0.29, 0.717) is 11.3 Å². The molecule has 0 aliphatic heterocycles. The lowest BCUT2D eigenvalue weighted by molar-refractivity contribution is -0.132. The fraction of sp³-hybridized carbons (Fsp3) is 0.350. The Morgan fingerprint density at radius 1 is 1.24 bits per heavy atom. The molecule has 0 radical (unpaired) electrons. The summed E-state index contributed by atoms with van der Waals surface area (Å²) >= 11 is 0. The van der Waals surface area contributed by atoms with Gasteiger partial charge in [0, 0.05) is 11.6 Å². The average Bonchev–Trinajstić information content (AvgIpc) is 3.45. The number of carbonyl (C=O) groups is 1. The number of para-hydroxylation sites is 1. The topological polar surface area (TPSA) is 49.8 Å². The van der Waals surface area contributed by atoms with Crippen molar-refractivity contribution in [2.75, 3.05) is 13.7 Å². The summed E-state index contributed by atoms with van der Waals surface area (Å²) in [5.41, 5.74) is 1.44. The minimum absolute atomic E-state index is 0.0341. The second-order valence-electron chi connectivity index (χ2n) is 6.33. The van der Waals surface area contributed by atoms with Gasteiger partial charge in [-0.05, 0) is 36.6 Å². The Morgan fingerprint density at radius 2 is 1.92 bits per heavy atom. The number of aliphatic hydroxyl groups excluding tert-OH is 1. The van der Waals surface area contributed by atoms with Gasteiger partial charge in [0.1, 0.15) is 11.6 Å². The Morgan fingerprint density at radius 3 is 2.56 bits per heavy atom. The number of halogens is 1. The van der Waals surface area contributed by atoms with Gasteiger partial charge in [-0.15, -0.1) is 0 Å². The zero-order valence-corrected chi connectivity index (χ0v) is 14.2. The van der Waals surface area contributed by atoms with E-state index in [4.69, 9.17) is 4.74 Å². The van der Waals surface area contributed by atoms with Crippen molar-refractivity contribution in [1.82, 2.24) is 4.90 Å². The molecule has 0 aromatic heterocycles. The molecule has 132 valence electrons. The highest BCUT2D eigenvalue weighted by atomic mass is 19.1. The molecule has 1 aliphatic carbocycles. The molecule has 0 heterocycles. The Labute approximate surface area is 146 Å². The lowest BCUT2D eigenvalue weighted by atomic mass is 10.1. The third-order valence-corrected chi connectivity index (χ3v) is 4.47. The molecule has 1 amide bonds. The van der Waals surface area contributed by atoms with Crippen LogP contribution in [0.2, 0.25) is 0 Å². The molecule has 1 unspecified atom stereocenters. The molecule has 0 saturated heterocycles. The minimum Gasteiger partial charge on any atom is -0.496 e. The molecular weight excluding hydrogens is 321 g/mol. The predicted octanol–water partition coefficient (Wildman–Crippen LogP) is 3.10. The highest BCUT2D eigenvalue weighted by Crippen LogP contribution is 2.30. The number of rotatable bonds is 7. The second kappa shape index (κ2) is 7.66. The zero-order chi connectivity index (χ0) is 17.8. The number of benzene rings is 2. The van der Waals surface area contributed by atoms with Crippen molar-refractivity contribution >= 4 is 5.91 Å². The number of hydrogen-bond donors (Lipinski definition) is 1. The number of methoxy groups -OCH3 is 1. The van der Waals surface area contributed by atoms with Crippen LogP contribution in [0, 0.1) is 5.82 Å². The van der Waals surface area contributed by atoms with Crippen LogP contribution in [0.1, 0.15) is 30.1 Å². The molecule has 0 spiro atoms. The Kier molecular flexibility index (Phi) is 5.34. The van der Waals surface area contributed by atoms with Crippen LogP contribution >= 0.6 is 0 Å². The van der Waals surface area contributed by atoms with Crippen LogP contribution in [-0.2, 0) is 11.2 Å². The molecule has 2 aromatic rings. The normalized spacial score (nSPS) is 14.8. The summed E-state index contributed by atoms with van der Waals surface area (Å²) < 4.78 is 18.3. The van der Waals surface area contributed by atoms with Crippen LogP contribution in [0.15, 0.2) is 48.5 Å². The van der Waals surface area contributed by atoms with Crippen molar-refractivity contribution < 1.29 is 19.0 Å². The van der Waals surface area contributed by atoms with E-state index < -0.39 is 6.10 Å². The predicted molar refractivity (Wildman–Crippen MR) is 92.8 cm³/mol. The van der Waals surface area contributed by atoms with E-state index in [1.807, 2.05) is 24.3 Å². The van der Waals surface area contributed by atoms with Gasteiger partial charge in [-0.1, -0.05) is 30.3 Å². The van der Waals surface area contributed by atoms with Gasteiger partial charge in [-0.3, -0.25) is 4.79 Å². The van der Waals surface area contributed by atoms with Crippen molar-refractivity contribution in [3.05, 3.63) is 65.5 Å². The molecule has 1 N–H and O–H groups in total. The Balaban J connectivity index is 1.70. The highest BCUT2D eigenvalue weighted by molar-refractivity contribution is 5.80. The van der Waals surface area contributed by atoms with Crippen molar-refractivity contribution in [1.29, 1.82) is 0 Å². The zero-order valence-electron chi connectivity index (χ0n) is 14.2. The molecule has 5 heteroatoms. The molecule has 1 fully saturated rings. The van der Waals surface area contributed by atoms with Crippen LogP contribution in [0.25, 0.3) is 0 Å². The number of aliphatic hydroxyl groups is 1. The van der Waals surface area contributed by atoms with Gasteiger partial charge in [0.05, 0.1) is 26.2 Å². The third kappa shape index (κ3) is 4.37. The highest BCUT2D eigenvalue weighted by Gasteiger charge is 2.34. The van der Waals surface area contributed by atoms with E-state index in [2.05, 4.69) is 0 Å². The van der Waals surface area contributed by atoms with Gasteiger partial charge in [0.2, 0.25) is 5.91 Å². The monoisotopic (exact) mass is 343 g/mol. The van der Waals surface area contributed by atoms with Crippen molar-refractivity contribution in [2.24, 2.45) is 0 Å². The maximum absolute atomic E-state index is 13.0. The fourth-order valence-electron chi connectivity index (χ4n) is 2.93. The summed E-state index contributed by atoms with van der Waals surface area (Å²) in [4.78, 5) is 14.5. The standard InChI is InChI=1S/C20H22FNO3/c1-25-19-5-3-2-4-15(19)12-20(24)22(17-10-11-17)13-18(23)14-6-8-16(21)9-7-14/h2-9,17-18,23H,10-13H2,1H3. The van der Waals surface area contributed by atoms with Crippen LogP contribution < -0.4 is 4.74 Å². The third-order valence-electron chi connectivity index (χ3n) is 4.47. The molecule has 2 aromatic carbocycles. The average molecular weight is 343 g/mol. The van der Waals surface area contributed by atoms with Gasteiger partial charge < -0.3 is 14.7 Å². The van der Waals surface area contributed by atoms with Crippen LogP contribution in [0.4, 0.5) is 4.39 Å². The molecule has 4 nitrogen and oxygen atoms in total. The van der Waals surface area contributed by atoms with E-state index in [0.717, 1.165) is 18.4 Å². The summed E-state index contributed by atoms with van der Waals surface area (Å²) in [6, 6.07) is 13.4. The van der Waals surface area contributed by atoms with Crippen LogP contribution in [0.5, 0.6) is 5.75 Å². The van der Waals surface area contributed by atoms with Crippen molar-refractivity contribution in [3.63, 3.8) is 0 Å². The molecule has 1 saturated carbocycles. The molecular formula is C20H22FNO3. The molecule has 25 heavy (non-hydrogen) atoms. The van der Waals surface area contributed by atoms with E-state index in [1.54, 1.807) is 24.1 Å². The molecule has 0 bridgehead atoms. The van der Waals surface area contributed by atoms with Gasteiger partial charge in [-0.25, -0.2) is 4.39 Å². The largest absolute Gasteiger partial charge is 0.496 e. The first kappa shape index (κ1) is 17.4. The lowest BCUT2D eigenvalue weighted by Crippen LogP contribution is -2.37. The first-order valence-corrected chi connectivity index (χ1v) is 8.43. The first-order valence-electron chi connectivity index (χ1n) is 8.43. The van der Waals surface area contributed by atoms with Crippen molar-refractivity contribution in [2.45, 2.75) is 31.4 Å². The quantitative estimate of drug-likeness (QED) is 0.840. The summed E-state index contributed by atoms with van der Waals surface area (Å²) in [6.45, 7) is 0.213. The maximum atomic E-state index is 13.0. The number of amides is 1.